The third-order valence-corrected chi connectivity index (χ3v) is 3.57. The van der Waals surface area contributed by atoms with Crippen molar-refractivity contribution >= 4 is 17.4 Å². The Morgan fingerprint density at radius 1 is 1.20 bits per heavy atom. The molecule has 0 unspecified atom stereocenters. The van der Waals surface area contributed by atoms with Gasteiger partial charge in [0.05, 0.1) is 11.5 Å². The van der Waals surface area contributed by atoms with Crippen molar-refractivity contribution in [3.8, 4) is 0 Å². The molecule has 2 aromatic carbocycles. The number of carboxylic acid groups (broad SMARTS) is 1. The summed E-state index contributed by atoms with van der Waals surface area (Å²) < 4.78 is 0. The number of nitrogens with one attached hydrogen (secondary N) is 1. The van der Waals surface area contributed by atoms with Gasteiger partial charge in [0.25, 0.3) is 5.69 Å². The number of benzene rings is 2. The Kier molecular flexibility index (Phi) is 5.80. The van der Waals surface area contributed by atoms with Crippen LogP contribution in [0.3, 0.4) is 0 Å². The van der Waals surface area contributed by atoms with Crippen LogP contribution in [0, 0.1) is 17.0 Å². The van der Waals surface area contributed by atoms with Gasteiger partial charge < -0.3 is 15.6 Å². The summed E-state index contributed by atoms with van der Waals surface area (Å²) in [6, 6.07) is 11.6. The number of rotatable bonds is 7. The predicted molar refractivity (Wildman–Crippen MR) is 91.0 cm³/mol. The van der Waals surface area contributed by atoms with E-state index >= 15 is 0 Å². The van der Waals surface area contributed by atoms with E-state index in [0.717, 1.165) is 5.56 Å². The third kappa shape index (κ3) is 4.61. The molecular weight excluding hydrogens is 326 g/mol. The molecule has 2 aromatic rings. The molecule has 0 amide bonds. The molecule has 130 valence electrons. The maximum Gasteiger partial charge on any atom is 0.317 e. The minimum Gasteiger partial charge on any atom is -0.480 e. The van der Waals surface area contributed by atoms with E-state index in [4.69, 9.17) is 5.11 Å². The van der Waals surface area contributed by atoms with Crippen molar-refractivity contribution in [1.82, 2.24) is 5.32 Å². The normalized spacial score (nSPS) is 11.3. The SMILES string of the molecule is Cc1ccc(/C(=N/O)c2ccc([N+](=O)[O-])c(CNCC(=O)O)c2)cc1. The fraction of sp³-hybridized carbons (Fsp3) is 0.176. The molecule has 0 aliphatic heterocycles. The number of hydrogen-bond donors (Lipinski definition) is 3. The van der Waals surface area contributed by atoms with E-state index in [-0.39, 0.29) is 24.5 Å². The Balaban J connectivity index is 2.38. The minimum absolute atomic E-state index is 0.00304. The first-order valence-corrected chi connectivity index (χ1v) is 7.41. The van der Waals surface area contributed by atoms with Crippen molar-refractivity contribution < 1.29 is 20.0 Å². The van der Waals surface area contributed by atoms with Gasteiger partial charge in [0, 0.05) is 29.3 Å². The smallest absolute Gasteiger partial charge is 0.317 e. The van der Waals surface area contributed by atoms with E-state index in [1.165, 1.54) is 18.2 Å². The summed E-state index contributed by atoms with van der Waals surface area (Å²) in [5.74, 6) is -1.06. The van der Waals surface area contributed by atoms with Crippen LogP contribution < -0.4 is 5.32 Å². The van der Waals surface area contributed by atoms with Gasteiger partial charge in [-0.2, -0.15) is 0 Å². The van der Waals surface area contributed by atoms with Gasteiger partial charge in [-0.15, -0.1) is 0 Å². The van der Waals surface area contributed by atoms with Gasteiger partial charge in [0.1, 0.15) is 5.71 Å². The molecule has 0 heterocycles. The molecule has 0 aliphatic carbocycles. The molecule has 8 nitrogen and oxygen atoms in total. The average Bonchev–Trinajstić information content (AvgIpc) is 2.57. The molecule has 0 radical (unpaired) electrons. The number of carbonyl (C=O) groups is 1. The van der Waals surface area contributed by atoms with Gasteiger partial charge in [-0.3, -0.25) is 14.9 Å². The van der Waals surface area contributed by atoms with Crippen LogP contribution in [-0.2, 0) is 11.3 Å². The van der Waals surface area contributed by atoms with Crippen molar-refractivity contribution in [2.24, 2.45) is 5.16 Å². The monoisotopic (exact) mass is 343 g/mol. The van der Waals surface area contributed by atoms with Crippen LogP contribution in [0.5, 0.6) is 0 Å². The lowest BCUT2D eigenvalue weighted by atomic mass is 9.99. The Morgan fingerprint density at radius 3 is 2.40 bits per heavy atom. The van der Waals surface area contributed by atoms with Crippen molar-refractivity contribution in [2.75, 3.05) is 6.54 Å². The fourth-order valence-corrected chi connectivity index (χ4v) is 2.35. The van der Waals surface area contributed by atoms with Crippen LogP contribution in [-0.4, -0.2) is 33.5 Å². The standard InChI is InChI=1S/C17H17N3O5/c1-11-2-4-12(5-3-11)17(19-23)13-6-7-15(20(24)25)14(8-13)9-18-10-16(21)22/h2-8,18,23H,9-10H2,1H3,(H,21,22)/b19-17-. The summed E-state index contributed by atoms with van der Waals surface area (Å²) in [5, 5.41) is 35.1. The maximum atomic E-state index is 11.2. The second-order valence-electron chi connectivity index (χ2n) is 5.41. The van der Waals surface area contributed by atoms with Crippen LogP contribution in [0.25, 0.3) is 0 Å². The second kappa shape index (κ2) is 8.02. The lowest BCUT2D eigenvalue weighted by molar-refractivity contribution is -0.385. The zero-order valence-electron chi connectivity index (χ0n) is 13.5. The van der Waals surface area contributed by atoms with E-state index < -0.39 is 10.9 Å². The number of carboxylic acids is 1. The van der Waals surface area contributed by atoms with Crippen LogP contribution in [0.1, 0.15) is 22.3 Å². The second-order valence-corrected chi connectivity index (χ2v) is 5.41. The first-order chi connectivity index (χ1) is 11.9. The van der Waals surface area contributed by atoms with Gasteiger partial charge >= 0.3 is 5.97 Å². The number of nitro benzene ring substituents is 1. The summed E-state index contributed by atoms with van der Waals surface area (Å²) in [6.07, 6.45) is 0. The molecule has 0 atom stereocenters. The summed E-state index contributed by atoms with van der Waals surface area (Å²) >= 11 is 0. The van der Waals surface area contributed by atoms with Gasteiger partial charge in [-0.1, -0.05) is 35.0 Å². The van der Waals surface area contributed by atoms with Crippen LogP contribution in [0.4, 0.5) is 5.69 Å². The van der Waals surface area contributed by atoms with E-state index in [1.807, 2.05) is 19.1 Å². The molecular formula is C17H17N3O5. The van der Waals surface area contributed by atoms with E-state index in [1.54, 1.807) is 12.1 Å². The molecule has 2 rings (SSSR count). The molecule has 0 fully saturated rings. The van der Waals surface area contributed by atoms with Gasteiger partial charge in [0.15, 0.2) is 0 Å². The molecule has 25 heavy (non-hydrogen) atoms. The minimum atomic E-state index is -1.06. The summed E-state index contributed by atoms with van der Waals surface area (Å²) in [5.41, 5.74) is 2.63. The highest BCUT2D eigenvalue weighted by molar-refractivity contribution is 6.12. The number of nitro groups is 1. The predicted octanol–water partition coefficient (Wildman–Crippen LogP) is 2.30. The number of aryl methyl sites for hydroxylation is 1. The van der Waals surface area contributed by atoms with Crippen molar-refractivity contribution in [3.63, 3.8) is 0 Å². The van der Waals surface area contributed by atoms with Crippen LogP contribution in [0.15, 0.2) is 47.6 Å². The number of hydrogen-bond acceptors (Lipinski definition) is 6. The largest absolute Gasteiger partial charge is 0.480 e. The number of oxime groups is 1. The lowest BCUT2D eigenvalue weighted by Gasteiger charge is -2.09. The molecule has 0 saturated carbocycles. The topological polar surface area (TPSA) is 125 Å². The highest BCUT2D eigenvalue weighted by Gasteiger charge is 2.17. The first kappa shape index (κ1) is 18.1. The van der Waals surface area contributed by atoms with E-state index in [2.05, 4.69) is 10.5 Å². The number of aliphatic carboxylic acids is 1. The summed E-state index contributed by atoms with van der Waals surface area (Å²) in [7, 11) is 0. The zero-order chi connectivity index (χ0) is 18.4. The highest BCUT2D eigenvalue weighted by Crippen LogP contribution is 2.22. The van der Waals surface area contributed by atoms with Gasteiger partial charge in [-0.05, 0) is 19.1 Å². The quantitative estimate of drug-likeness (QED) is 0.306. The molecule has 3 N–H and O–H groups in total. The molecule has 8 heteroatoms. The maximum absolute atomic E-state index is 11.2. The zero-order valence-corrected chi connectivity index (χ0v) is 13.5. The van der Waals surface area contributed by atoms with Crippen LogP contribution in [0.2, 0.25) is 0 Å². The molecule has 0 saturated heterocycles. The third-order valence-electron chi connectivity index (χ3n) is 3.57. The van der Waals surface area contributed by atoms with Gasteiger partial charge in [-0.25, -0.2) is 0 Å². The Bertz CT molecular complexity index is 816. The molecule has 0 aliphatic rings. The van der Waals surface area contributed by atoms with Crippen LogP contribution >= 0.6 is 0 Å². The molecule has 0 bridgehead atoms. The Morgan fingerprint density at radius 2 is 1.84 bits per heavy atom. The van der Waals surface area contributed by atoms with Crippen molar-refractivity contribution in [3.05, 3.63) is 74.8 Å². The molecule has 0 spiro atoms. The Labute approximate surface area is 143 Å². The summed E-state index contributed by atoms with van der Waals surface area (Å²) in [4.78, 5) is 21.2. The van der Waals surface area contributed by atoms with Crippen molar-refractivity contribution in [2.45, 2.75) is 13.5 Å². The van der Waals surface area contributed by atoms with E-state index in [0.29, 0.717) is 16.7 Å². The van der Waals surface area contributed by atoms with Gasteiger partial charge in [0.2, 0.25) is 0 Å². The molecule has 0 aromatic heterocycles. The number of nitrogens with zero attached hydrogens (tertiary/aromatic N) is 2. The highest BCUT2D eigenvalue weighted by atomic mass is 16.6. The average molecular weight is 343 g/mol. The first-order valence-electron chi connectivity index (χ1n) is 7.41. The lowest BCUT2D eigenvalue weighted by Crippen LogP contribution is -2.22. The van der Waals surface area contributed by atoms with Crippen molar-refractivity contribution in [1.29, 1.82) is 0 Å². The summed E-state index contributed by atoms with van der Waals surface area (Å²) in [6.45, 7) is 1.61. The Hall–Kier alpha value is -3.26. The fourth-order valence-electron chi connectivity index (χ4n) is 2.35. The van der Waals surface area contributed by atoms with E-state index in [9.17, 15) is 20.1 Å².